The Labute approximate surface area is 119 Å². The molecule has 3 heteroatoms. The van der Waals surface area contributed by atoms with Gasteiger partial charge in [-0.05, 0) is 49.4 Å². The van der Waals surface area contributed by atoms with Gasteiger partial charge in [-0.1, -0.05) is 24.3 Å². The van der Waals surface area contributed by atoms with Crippen LogP contribution in [-0.4, -0.2) is 19.1 Å². The standard InChI is InChI=1S/C17H20FNO/c1-13(15-7-9-16(18)10-8-15)19(2)12-14-5-4-6-17(11-14)20-3/h4-11,13H,12H2,1-3H3/t13-/m1/s1. The molecule has 0 N–H and O–H groups in total. The minimum Gasteiger partial charge on any atom is -0.497 e. The summed E-state index contributed by atoms with van der Waals surface area (Å²) in [7, 11) is 3.73. The van der Waals surface area contributed by atoms with E-state index in [2.05, 4.69) is 24.9 Å². The summed E-state index contributed by atoms with van der Waals surface area (Å²) in [6.07, 6.45) is 0. The van der Waals surface area contributed by atoms with Crippen LogP contribution < -0.4 is 4.74 Å². The molecule has 0 fully saturated rings. The van der Waals surface area contributed by atoms with Gasteiger partial charge >= 0.3 is 0 Å². The molecule has 0 unspecified atom stereocenters. The van der Waals surface area contributed by atoms with Crippen LogP contribution in [0.15, 0.2) is 48.5 Å². The second-order valence-corrected chi connectivity index (χ2v) is 4.99. The topological polar surface area (TPSA) is 12.5 Å². The van der Waals surface area contributed by atoms with Gasteiger partial charge in [0.15, 0.2) is 0 Å². The van der Waals surface area contributed by atoms with E-state index in [0.29, 0.717) is 0 Å². The molecule has 0 radical (unpaired) electrons. The van der Waals surface area contributed by atoms with E-state index in [1.807, 2.05) is 30.3 Å². The molecule has 0 heterocycles. The summed E-state index contributed by atoms with van der Waals surface area (Å²) in [6, 6.07) is 14.9. The van der Waals surface area contributed by atoms with Gasteiger partial charge in [0.05, 0.1) is 7.11 Å². The SMILES string of the molecule is COc1cccc(CN(C)[C@H](C)c2ccc(F)cc2)c1. The van der Waals surface area contributed by atoms with Crippen LogP contribution in [0.4, 0.5) is 4.39 Å². The maximum atomic E-state index is 13.0. The van der Waals surface area contributed by atoms with Crippen molar-refractivity contribution in [2.24, 2.45) is 0 Å². The zero-order chi connectivity index (χ0) is 14.5. The Kier molecular flexibility index (Phi) is 4.74. The minimum absolute atomic E-state index is 0.198. The minimum atomic E-state index is -0.198. The number of halogens is 1. The third-order valence-corrected chi connectivity index (χ3v) is 3.58. The monoisotopic (exact) mass is 273 g/mol. The predicted octanol–water partition coefficient (Wildman–Crippen LogP) is 4.03. The van der Waals surface area contributed by atoms with Gasteiger partial charge in [-0.25, -0.2) is 4.39 Å². The molecular weight excluding hydrogens is 253 g/mol. The van der Waals surface area contributed by atoms with Crippen LogP contribution in [-0.2, 0) is 6.54 Å². The molecule has 0 saturated carbocycles. The largest absolute Gasteiger partial charge is 0.497 e. The van der Waals surface area contributed by atoms with Crippen molar-refractivity contribution in [1.82, 2.24) is 4.90 Å². The maximum Gasteiger partial charge on any atom is 0.123 e. The molecule has 2 rings (SSSR count). The molecular formula is C17H20FNO. The summed E-state index contributed by atoms with van der Waals surface area (Å²) in [4.78, 5) is 2.22. The molecule has 0 amide bonds. The Morgan fingerprint density at radius 3 is 2.50 bits per heavy atom. The Balaban J connectivity index is 2.06. The second-order valence-electron chi connectivity index (χ2n) is 4.99. The van der Waals surface area contributed by atoms with E-state index in [0.717, 1.165) is 17.9 Å². The molecule has 106 valence electrons. The van der Waals surface area contributed by atoms with Crippen molar-refractivity contribution in [3.8, 4) is 5.75 Å². The van der Waals surface area contributed by atoms with Crippen LogP contribution in [0.3, 0.4) is 0 Å². The third-order valence-electron chi connectivity index (χ3n) is 3.58. The van der Waals surface area contributed by atoms with Gasteiger partial charge in [-0.2, -0.15) is 0 Å². The first-order chi connectivity index (χ1) is 9.60. The fourth-order valence-corrected chi connectivity index (χ4v) is 2.19. The van der Waals surface area contributed by atoms with E-state index in [9.17, 15) is 4.39 Å². The number of ether oxygens (including phenoxy) is 1. The predicted molar refractivity (Wildman–Crippen MR) is 79.3 cm³/mol. The van der Waals surface area contributed by atoms with Crippen LogP contribution in [0.25, 0.3) is 0 Å². The van der Waals surface area contributed by atoms with Crippen molar-refractivity contribution in [2.75, 3.05) is 14.2 Å². The van der Waals surface area contributed by atoms with E-state index in [-0.39, 0.29) is 11.9 Å². The van der Waals surface area contributed by atoms with Gasteiger partial charge in [-0.3, -0.25) is 4.90 Å². The smallest absolute Gasteiger partial charge is 0.123 e. The van der Waals surface area contributed by atoms with Crippen molar-refractivity contribution in [3.63, 3.8) is 0 Å². The third kappa shape index (κ3) is 3.58. The molecule has 0 aromatic heterocycles. The molecule has 1 atom stereocenters. The van der Waals surface area contributed by atoms with E-state index in [1.54, 1.807) is 7.11 Å². The van der Waals surface area contributed by atoms with Crippen LogP contribution in [0.2, 0.25) is 0 Å². The van der Waals surface area contributed by atoms with Crippen molar-refractivity contribution >= 4 is 0 Å². The van der Waals surface area contributed by atoms with Gasteiger partial charge in [0.2, 0.25) is 0 Å². The molecule has 0 saturated heterocycles. The Hall–Kier alpha value is -1.87. The second kappa shape index (κ2) is 6.53. The molecule has 0 aliphatic carbocycles. The van der Waals surface area contributed by atoms with E-state index in [1.165, 1.54) is 17.7 Å². The van der Waals surface area contributed by atoms with Crippen molar-refractivity contribution in [3.05, 3.63) is 65.5 Å². The highest BCUT2D eigenvalue weighted by molar-refractivity contribution is 5.28. The fraction of sp³-hybridized carbons (Fsp3) is 0.294. The summed E-state index contributed by atoms with van der Waals surface area (Å²) >= 11 is 0. The fourth-order valence-electron chi connectivity index (χ4n) is 2.19. The molecule has 2 aromatic rings. The number of nitrogens with zero attached hydrogens (tertiary/aromatic N) is 1. The van der Waals surface area contributed by atoms with Gasteiger partial charge < -0.3 is 4.74 Å². The number of benzene rings is 2. The number of methoxy groups -OCH3 is 1. The van der Waals surface area contributed by atoms with E-state index < -0.39 is 0 Å². The van der Waals surface area contributed by atoms with Crippen molar-refractivity contribution < 1.29 is 9.13 Å². The van der Waals surface area contributed by atoms with Crippen molar-refractivity contribution in [1.29, 1.82) is 0 Å². The van der Waals surface area contributed by atoms with Crippen LogP contribution in [0.5, 0.6) is 5.75 Å². The van der Waals surface area contributed by atoms with Crippen LogP contribution in [0.1, 0.15) is 24.1 Å². The normalized spacial score (nSPS) is 12.4. The van der Waals surface area contributed by atoms with Gasteiger partial charge in [0, 0.05) is 12.6 Å². The molecule has 0 aliphatic rings. The number of rotatable bonds is 5. The Morgan fingerprint density at radius 2 is 1.85 bits per heavy atom. The first kappa shape index (κ1) is 14.5. The lowest BCUT2D eigenvalue weighted by Crippen LogP contribution is -2.21. The molecule has 0 bridgehead atoms. The first-order valence-corrected chi connectivity index (χ1v) is 6.69. The number of hydrogen-bond donors (Lipinski definition) is 0. The highest BCUT2D eigenvalue weighted by Crippen LogP contribution is 2.22. The quantitative estimate of drug-likeness (QED) is 0.815. The maximum absolute atomic E-state index is 13.0. The van der Waals surface area contributed by atoms with Crippen LogP contribution >= 0.6 is 0 Å². The molecule has 0 aliphatic heterocycles. The molecule has 2 nitrogen and oxygen atoms in total. The summed E-state index contributed by atoms with van der Waals surface area (Å²) < 4.78 is 18.2. The lowest BCUT2D eigenvalue weighted by Gasteiger charge is -2.25. The van der Waals surface area contributed by atoms with Crippen molar-refractivity contribution in [2.45, 2.75) is 19.5 Å². The zero-order valence-corrected chi connectivity index (χ0v) is 12.1. The lowest BCUT2D eigenvalue weighted by molar-refractivity contribution is 0.252. The molecule has 20 heavy (non-hydrogen) atoms. The Bertz CT molecular complexity index is 553. The average Bonchev–Trinajstić information content (AvgIpc) is 2.47. The summed E-state index contributed by atoms with van der Waals surface area (Å²) in [5, 5.41) is 0. The lowest BCUT2D eigenvalue weighted by atomic mass is 10.1. The van der Waals surface area contributed by atoms with Gasteiger partial charge in [-0.15, -0.1) is 0 Å². The highest BCUT2D eigenvalue weighted by Gasteiger charge is 2.12. The first-order valence-electron chi connectivity index (χ1n) is 6.69. The summed E-state index contributed by atoms with van der Waals surface area (Å²) in [6.45, 7) is 2.93. The average molecular weight is 273 g/mol. The summed E-state index contributed by atoms with van der Waals surface area (Å²) in [5.41, 5.74) is 2.30. The van der Waals surface area contributed by atoms with E-state index >= 15 is 0 Å². The highest BCUT2D eigenvalue weighted by atomic mass is 19.1. The van der Waals surface area contributed by atoms with Gasteiger partial charge in [0.1, 0.15) is 11.6 Å². The molecule has 0 spiro atoms. The van der Waals surface area contributed by atoms with Crippen LogP contribution in [0, 0.1) is 5.82 Å². The summed E-state index contributed by atoms with van der Waals surface area (Å²) in [5.74, 6) is 0.668. The number of hydrogen-bond acceptors (Lipinski definition) is 2. The zero-order valence-electron chi connectivity index (χ0n) is 12.1. The molecule has 2 aromatic carbocycles. The van der Waals surface area contributed by atoms with E-state index in [4.69, 9.17) is 4.74 Å². The Morgan fingerprint density at radius 1 is 1.15 bits per heavy atom. The van der Waals surface area contributed by atoms with Gasteiger partial charge in [0.25, 0.3) is 0 Å².